The first-order chi connectivity index (χ1) is 15.5. The van der Waals surface area contributed by atoms with Crippen molar-refractivity contribution in [2.45, 2.75) is 17.7 Å². The van der Waals surface area contributed by atoms with Crippen LogP contribution < -0.4 is 10.1 Å². The fourth-order valence-electron chi connectivity index (χ4n) is 3.48. The smallest absolute Gasteiger partial charge is 0.243 e. The van der Waals surface area contributed by atoms with Crippen LogP contribution in [0.5, 0.6) is 5.75 Å². The minimum atomic E-state index is -4.01. The molecule has 0 saturated carbocycles. The van der Waals surface area contributed by atoms with E-state index in [0.29, 0.717) is 12.1 Å². The number of sulfonamides is 1. The number of amides is 1. The highest BCUT2D eigenvalue weighted by Gasteiger charge is 2.36. The molecule has 9 heteroatoms. The Balaban J connectivity index is 1.32. The topological polar surface area (TPSA) is 88.6 Å². The van der Waals surface area contributed by atoms with Gasteiger partial charge in [-0.2, -0.15) is 4.31 Å². The molecule has 1 N–H and O–H groups in total. The molecule has 1 saturated heterocycles. The van der Waals surface area contributed by atoms with Crippen molar-refractivity contribution in [2.75, 3.05) is 25.0 Å². The summed E-state index contributed by atoms with van der Waals surface area (Å²) in [5.74, 6) is -0.849. The van der Waals surface area contributed by atoms with Gasteiger partial charge in [0.05, 0.1) is 35.8 Å². The van der Waals surface area contributed by atoms with Gasteiger partial charge in [-0.05, 0) is 48.4 Å². The fraction of sp³-hybridized carbons (Fsp3) is 0.300. The predicted octanol–water partition coefficient (Wildman–Crippen LogP) is 2.88. The van der Waals surface area contributed by atoms with Gasteiger partial charge < -0.3 is 10.1 Å². The summed E-state index contributed by atoms with van der Waals surface area (Å²) in [6, 6.07) is 9.06. The van der Waals surface area contributed by atoms with E-state index < -0.39 is 28.9 Å². The summed E-state index contributed by atoms with van der Waals surface area (Å²) < 4.78 is 65.1. The van der Waals surface area contributed by atoms with Gasteiger partial charge in [-0.3, -0.25) is 4.79 Å². The number of aryl methyl sites for hydroxylation is 1. The van der Waals surface area contributed by atoms with Crippen LogP contribution in [0.15, 0.2) is 46.8 Å². The van der Waals surface area contributed by atoms with Gasteiger partial charge in [0.25, 0.3) is 0 Å². The summed E-state index contributed by atoms with van der Waals surface area (Å²) in [5.41, 5.74) is 2.94. The van der Waals surface area contributed by atoms with Crippen molar-refractivity contribution in [3.63, 3.8) is 0 Å². The van der Waals surface area contributed by atoms with Gasteiger partial charge in [-0.15, -0.1) is 11.3 Å². The van der Waals surface area contributed by atoms with E-state index in [2.05, 4.69) is 10.3 Å². The minimum Gasteiger partial charge on any atom is -0.493 e. The van der Waals surface area contributed by atoms with Gasteiger partial charge in [0.1, 0.15) is 5.75 Å². The molecule has 3 heterocycles. The molecule has 29 heavy (non-hydrogen) atoms. The number of nitrogens with zero attached hydrogens (tertiary/aromatic N) is 2. The second-order valence-electron chi connectivity index (χ2n) is 6.86. The number of carbonyl (C=O) groups excluding carboxylic acids is 1. The molecule has 0 aliphatic carbocycles. The molecule has 7 nitrogen and oxygen atoms in total. The molecule has 1 atom stereocenters. The Bertz CT molecular complexity index is 1380. The van der Waals surface area contributed by atoms with E-state index in [9.17, 15) is 13.2 Å². The zero-order valence-corrected chi connectivity index (χ0v) is 16.7. The van der Waals surface area contributed by atoms with Crippen molar-refractivity contribution >= 4 is 43.2 Å². The molecule has 150 valence electrons. The first-order valence-corrected chi connectivity index (χ1v) is 11.3. The Morgan fingerprint density at radius 1 is 1.31 bits per heavy atom. The van der Waals surface area contributed by atoms with Gasteiger partial charge in [0.15, 0.2) is 0 Å². The molecule has 1 fully saturated rings. The van der Waals surface area contributed by atoms with Crippen LogP contribution in [0.4, 0.5) is 5.69 Å². The second kappa shape index (κ2) is 7.08. The summed E-state index contributed by atoms with van der Waals surface area (Å²) in [4.78, 5) is 16.8. The molecule has 1 aromatic heterocycles. The monoisotopic (exact) mass is 433 g/mol. The van der Waals surface area contributed by atoms with Gasteiger partial charge in [-0.1, -0.05) is 0 Å². The fourth-order valence-corrected chi connectivity index (χ4v) is 5.67. The Hall–Kier alpha value is -2.49. The molecular weight excluding hydrogens is 410 g/mol. The van der Waals surface area contributed by atoms with Crippen molar-refractivity contribution in [1.82, 2.24) is 9.29 Å². The maximum Gasteiger partial charge on any atom is 0.243 e. The van der Waals surface area contributed by atoms with Crippen LogP contribution in [0.3, 0.4) is 0 Å². The average Bonchev–Trinajstić information content (AvgIpc) is 3.46. The number of benzene rings is 2. The van der Waals surface area contributed by atoms with Crippen LogP contribution in [-0.2, 0) is 21.2 Å². The minimum absolute atomic E-state index is 0.00554. The summed E-state index contributed by atoms with van der Waals surface area (Å²) in [6.45, 7) is -2.46. The van der Waals surface area contributed by atoms with Crippen LogP contribution in [0.2, 0.25) is 0 Å². The lowest BCUT2D eigenvalue weighted by atomic mass is 10.1. The average molecular weight is 434 g/mol. The Kier molecular flexibility index (Phi) is 3.54. The van der Waals surface area contributed by atoms with Gasteiger partial charge in [0.2, 0.25) is 15.9 Å². The highest BCUT2D eigenvalue weighted by molar-refractivity contribution is 7.89. The molecule has 0 bridgehead atoms. The summed E-state index contributed by atoms with van der Waals surface area (Å²) >= 11 is 1.50. The molecule has 5 rings (SSSR count). The van der Waals surface area contributed by atoms with Crippen LogP contribution in [0.25, 0.3) is 10.2 Å². The van der Waals surface area contributed by atoms with E-state index in [4.69, 9.17) is 10.2 Å². The van der Waals surface area contributed by atoms with Crippen molar-refractivity contribution in [1.29, 1.82) is 0 Å². The number of aromatic nitrogens is 1. The van der Waals surface area contributed by atoms with E-state index in [1.807, 2.05) is 6.07 Å². The lowest BCUT2D eigenvalue weighted by Crippen LogP contribution is -2.31. The number of hydrogen-bond acceptors (Lipinski definition) is 6. The molecule has 1 amide bonds. The van der Waals surface area contributed by atoms with Crippen molar-refractivity contribution in [2.24, 2.45) is 5.92 Å². The Morgan fingerprint density at radius 3 is 3.10 bits per heavy atom. The van der Waals surface area contributed by atoms with Crippen LogP contribution in [-0.4, -0.2) is 43.3 Å². The van der Waals surface area contributed by atoms with E-state index >= 15 is 0 Å². The predicted molar refractivity (Wildman–Crippen MR) is 111 cm³/mol. The van der Waals surface area contributed by atoms with Crippen molar-refractivity contribution in [3.8, 4) is 5.75 Å². The van der Waals surface area contributed by atoms with E-state index in [1.165, 1.54) is 27.8 Å². The lowest BCUT2D eigenvalue weighted by molar-refractivity contribution is -0.119. The number of hydrogen-bond donors (Lipinski definition) is 1. The third kappa shape index (κ3) is 3.39. The molecule has 2 aromatic carbocycles. The van der Waals surface area contributed by atoms with Crippen molar-refractivity contribution < 1.29 is 23.4 Å². The Labute approximate surface area is 178 Å². The quantitative estimate of drug-likeness (QED) is 0.684. The number of ether oxygens (including phenoxy) is 1. The van der Waals surface area contributed by atoms with Crippen molar-refractivity contribution in [3.05, 3.63) is 47.5 Å². The highest BCUT2D eigenvalue weighted by Crippen LogP contribution is 2.31. The Morgan fingerprint density at radius 2 is 2.21 bits per heavy atom. The zero-order chi connectivity index (χ0) is 23.6. The number of fused-ring (bicyclic) bond motifs is 2. The maximum absolute atomic E-state index is 13.2. The largest absolute Gasteiger partial charge is 0.493 e. The van der Waals surface area contributed by atoms with Gasteiger partial charge >= 0.3 is 0 Å². The van der Waals surface area contributed by atoms with Crippen LogP contribution in [0.1, 0.15) is 17.5 Å². The molecule has 3 aromatic rings. The number of rotatable bonds is 4. The normalized spacial score (nSPS) is 24.8. The third-order valence-corrected chi connectivity index (χ3v) is 7.73. The molecule has 2 aliphatic rings. The summed E-state index contributed by atoms with van der Waals surface area (Å²) in [7, 11) is -4.01. The van der Waals surface area contributed by atoms with E-state index in [-0.39, 0.29) is 35.2 Å². The molecule has 0 unspecified atom stereocenters. The zero-order valence-electron chi connectivity index (χ0n) is 19.1. The summed E-state index contributed by atoms with van der Waals surface area (Å²) in [6.07, 6.45) is -2.15. The number of thiazole rings is 1. The van der Waals surface area contributed by atoms with Gasteiger partial charge in [-0.25, -0.2) is 13.4 Å². The number of anilines is 1. The molecule has 2 aliphatic heterocycles. The SMILES string of the molecule is [2H]C1([2H])Oc2ccc(S(=O)(=O)N3CC[C@@H](C(=O)Nc4ccc5scnc5c4)C3)cc2C1([2H])[2H]. The third-order valence-electron chi connectivity index (χ3n) is 5.06. The second-order valence-corrected chi connectivity index (χ2v) is 9.68. The number of carbonyl (C=O) groups is 1. The van der Waals surface area contributed by atoms with Gasteiger partial charge in [0, 0.05) is 27.9 Å². The summed E-state index contributed by atoms with van der Waals surface area (Å²) in [5, 5.41) is 2.83. The van der Waals surface area contributed by atoms with E-state index in [1.54, 1.807) is 17.6 Å². The first-order valence-electron chi connectivity index (χ1n) is 11.0. The highest BCUT2D eigenvalue weighted by atomic mass is 32.2. The maximum atomic E-state index is 13.2. The van der Waals surface area contributed by atoms with Crippen LogP contribution >= 0.6 is 11.3 Å². The molecular formula is C20H19N3O4S2. The van der Waals surface area contributed by atoms with Crippen LogP contribution in [0, 0.1) is 5.92 Å². The molecule has 0 radical (unpaired) electrons. The lowest BCUT2D eigenvalue weighted by Gasteiger charge is -2.17. The standard InChI is InChI=1S/C20H19N3O4S2/c24-20(22-15-1-4-19-17(10-15)21-12-28-19)14-5-7-23(11-14)29(25,26)16-2-3-18-13(9-16)6-8-27-18/h1-4,9-10,12,14H,5-8,11H2,(H,22,24)/t14-/m1/s1/i6D2,8D2. The molecule has 0 spiro atoms. The first kappa shape index (κ1) is 14.5. The van der Waals surface area contributed by atoms with E-state index in [0.717, 1.165) is 16.3 Å². The number of nitrogens with one attached hydrogen (secondary N) is 1.